The van der Waals surface area contributed by atoms with Gasteiger partial charge in [0.1, 0.15) is 18.0 Å². The predicted molar refractivity (Wildman–Crippen MR) is 187 cm³/mol. The minimum absolute atomic E-state index is 0.0694. The van der Waals surface area contributed by atoms with Gasteiger partial charge in [-0.1, -0.05) is 12.1 Å². The molecule has 48 heavy (non-hydrogen) atoms. The van der Waals surface area contributed by atoms with Crippen molar-refractivity contribution in [3.05, 3.63) is 82.4 Å². The van der Waals surface area contributed by atoms with Crippen molar-refractivity contribution in [1.82, 2.24) is 20.1 Å². The first-order valence-electron chi connectivity index (χ1n) is 16.8. The largest absolute Gasteiger partial charge is 0.491 e. The van der Waals surface area contributed by atoms with Gasteiger partial charge in [0.25, 0.3) is 11.8 Å². The Bertz CT molecular complexity index is 1890. The maximum atomic E-state index is 13.9. The van der Waals surface area contributed by atoms with Crippen LogP contribution >= 0.6 is 11.3 Å². The zero-order chi connectivity index (χ0) is 33.6. The highest BCUT2D eigenvalue weighted by Crippen LogP contribution is 2.49. The number of nitrogens with zero attached hydrogens (tertiary/aromatic N) is 3. The standard InChI is InChI=1S/C38H42N4O5S/c1-24-9-10-27(46-23-26-13-19-42(26)36(45)47-37(2,3)4)22-29(24)34(43)40-38(14-15-38)30-20-25(21-31-28(30)8-7-16-39-31)32-11-12-33(48-32)35(44)41-17-5-6-18-41/h7-12,16,20-22,26H,5-6,13-15,17-19,23H2,1-4H3,(H,40,43)/t26-/m0/s1. The predicted octanol–water partition coefficient (Wildman–Crippen LogP) is 7.32. The third-order valence-corrected chi connectivity index (χ3v) is 10.6. The Labute approximate surface area is 285 Å². The molecular formula is C38H42N4O5S. The highest BCUT2D eigenvalue weighted by molar-refractivity contribution is 7.17. The molecule has 9 nitrogen and oxygen atoms in total. The second-order valence-corrected chi connectivity index (χ2v) is 15.3. The van der Waals surface area contributed by atoms with Crippen LogP contribution in [0.3, 0.4) is 0 Å². The maximum Gasteiger partial charge on any atom is 0.410 e. The van der Waals surface area contributed by atoms with Crippen molar-refractivity contribution in [2.45, 2.75) is 77.0 Å². The Balaban J connectivity index is 1.09. The van der Waals surface area contributed by atoms with Crippen LogP contribution in [0.25, 0.3) is 21.3 Å². The molecule has 1 atom stereocenters. The van der Waals surface area contributed by atoms with Crippen molar-refractivity contribution >= 4 is 40.1 Å². The number of fused-ring (bicyclic) bond motifs is 1. The molecule has 2 saturated heterocycles. The third-order valence-electron chi connectivity index (χ3n) is 9.50. The molecule has 1 N–H and O–H groups in total. The number of ether oxygens (including phenoxy) is 2. The summed E-state index contributed by atoms with van der Waals surface area (Å²) in [5, 5.41) is 4.39. The molecule has 3 fully saturated rings. The van der Waals surface area contributed by atoms with E-state index in [0.29, 0.717) is 24.5 Å². The molecule has 4 heterocycles. The molecule has 0 spiro atoms. The average Bonchev–Trinajstić information content (AvgIpc) is 3.40. The average molecular weight is 667 g/mol. The van der Waals surface area contributed by atoms with Crippen LogP contribution < -0.4 is 10.1 Å². The zero-order valence-corrected chi connectivity index (χ0v) is 28.8. The van der Waals surface area contributed by atoms with Crippen molar-refractivity contribution in [2.24, 2.45) is 0 Å². The summed E-state index contributed by atoms with van der Waals surface area (Å²) in [4.78, 5) is 49.6. The van der Waals surface area contributed by atoms with E-state index >= 15 is 0 Å². The van der Waals surface area contributed by atoms with Gasteiger partial charge in [-0.15, -0.1) is 11.3 Å². The molecule has 2 aliphatic heterocycles. The SMILES string of the molecule is Cc1ccc(OC[C@@H]2CCN2C(=O)OC(C)(C)C)cc1C(=O)NC1(c2cc(-c3ccc(C(=O)N4CCCC4)s3)cc3ncccc23)CC1. The zero-order valence-electron chi connectivity index (χ0n) is 28.0. The number of rotatable bonds is 8. The van der Waals surface area contributed by atoms with Gasteiger partial charge in [0.05, 0.1) is 22.0 Å². The molecular weight excluding hydrogens is 625 g/mol. The first kappa shape index (κ1) is 32.1. The third kappa shape index (κ3) is 6.50. The highest BCUT2D eigenvalue weighted by Gasteiger charge is 2.47. The van der Waals surface area contributed by atoms with Gasteiger partial charge in [-0.25, -0.2) is 4.79 Å². The lowest BCUT2D eigenvalue weighted by Gasteiger charge is -2.41. The Kier molecular flexibility index (Phi) is 8.39. The van der Waals surface area contributed by atoms with E-state index < -0.39 is 11.1 Å². The molecule has 4 aromatic rings. The van der Waals surface area contributed by atoms with Crippen LogP contribution in [-0.4, -0.2) is 70.6 Å². The number of benzene rings is 2. The Morgan fingerprint density at radius 2 is 1.81 bits per heavy atom. The van der Waals surface area contributed by atoms with E-state index in [1.54, 1.807) is 17.2 Å². The Morgan fingerprint density at radius 1 is 1.02 bits per heavy atom. The van der Waals surface area contributed by atoms with Crippen molar-refractivity contribution in [3.63, 3.8) is 0 Å². The number of likely N-dealkylation sites (tertiary alicyclic amines) is 2. The number of hydrogen-bond acceptors (Lipinski definition) is 7. The normalized spacial score (nSPS) is 18.4. The summed E-state index contributed by atoms with van der Waals surface area (Å²) in [5.74, 6) is 0.523. The molecule has 1 aliphatic carbocycles. The van der Waals surface area contributed by atoms with E-state index in [2.05, 4.69) is 28.5 Å². The number of aryl methyl sites for hydroxylation is 1. The first-order chi connectivity index (χ1) is 23.0. The molecule has 0 bridgehead atoms. The van der Waals surface area contributed by atoms with E-state index in [9.17, 15) is 14.4 Å². The van der Waals surface area contributed by atoms with Gasteiger partial charge in [0, 0.05) is 41.7 Å². The van der Waals surface area contributed by atoms with Crippen LogP contribution in [0.4, 0.5) is 4.79 Å². The summed E-state index contributed by atoms with van der Waals surface area (Å²) in [6.45, 7) is 10.1. The number of carbonyl (C=O) groups is 3. The van der Waals surface area contributed by atoms with Crippen LogP contribution in [-0.2, 0) is 10.3 Å². The minimum atomic E-state index is -0.554. The van der Waals surface area contributed by atoms with Gasteiger partial charge in [-0.3, -0.25) is 14.6 Å². The Morgan fingerprint density at radius 3 is 2.52 bits per heavy atom. The monoisotopic (exact) mass is 666 g/mol. The van der Waals surface area contributed by atoms with Gasteiger partial charge in [0.2, 0.25) is 0 Å². The van der Waals surface area contributed by atoms with E-state index in [-0.39, 0.29) is 23.9 Å². The molecule has 3 aliphatic rings. The fraction of sp³-hybridized carbons (Fsp3) is 0.421. The summed E-state index contributed by atoms with van der Waals surface area (Å²) in [6, 6.07) is 17.6. The Hall–Kier alpha value is -4.44. The molecule has 1 saturated carbocycles. The second kappa shape index (κ2) is 12.5. The van der Waals surface area contributed by atoms with E-state index in [1.807, 2.05) is 62.9 Å². The van der Waals surface area contributed by atoms with Crippen molar-refractivity contribution in [3.8, 4) is 16.2 Å². The molecule has 3 amide bonds. The lowest BCUT2D eigenvalue weighted by atomic mass is 9.95. The fourth-order valence-electron chi connectivity index (χ4n) is 6.58. The van der Waals surface area contributed by atoms with Crippen LogP contribution in [0, 0.1) is 6.92 Å². The highest BCUT2D eigenvalue weighted by atomic mass is 32.1. The number of pyridine rings is 1. The van der Waals surface area contributed by atoms with E-state index in [0.717, 1.165) is 82.5 Å². The summed E-state index contributed by atoms with van der Waals surface area (Å²) in [7, 11) is 0. The van der Waals surface area contributed by atoms with Gasteiger partial charge in [-0.2, -0.15) is 0 Å². The topological polar surface area (TPSA) is 101 Å². The molecule has 2 aromatic heterocycles. The summed E-state index contributed by atoms with van der Waals surface area (Å²) in [6.07, 6.45) is 6.04. The van der Waals surface area contributed by atoms with E-state index in [4.69, 9.17) is 9.47 Å². The summed E-state index contributed by atoms with van der Waals surface area (Å²) >= 11 is 1.51. The lowest BCUT2D eigenvalue weighted by molar-refractivity contribution is -0.0141. The molecule has 250 valence electrons. The fourth-order valence-corrected chi connectivity index (χ4v) is 7.54. The van der Waals surface area contributed by atoms with Gasteiger partial charge >= 0.3 is 6.09 Å². The van der Waals surface area contributed by atoms with Crippen LogP contribution in [0.2, 0.25) is 0 Å². The maximum absolute atomic E-state index is 13.9. The number of aromatic nitrogens is 1. The second-order valence-electron chi connectivity index (χ2n) is 14.2. The smallest absolute Gasteiger partial charge is 0.410 e. The van der Waals surface area contributed by atoms with Crippen LogP contribution in [0.5, 0.6) is 5.75 Å². The molecule has 10 heteroatoms. The lowest BCUT2D eigenvalue weighted by Crippen LogP contribution is -2.55. The van der Waals surface area contributed by atoms with Crippen molar-refractivity contribution < 1.29 is 23.9 Å². The van der Waals surface area contributed by atoms with Gasteiger partial charge in [0.15, 0.2) is 0 Å². The quantitative estimate of drug-likeness (QED) is 0.212. The van der Waals surface area contributed by atoms with Crippen LogP contribution in [0.1, 0.15) is 84.0 Å². The number of nitrogens with one attached hydrogen (secondary N) is 1. The number of carbonyl (C=O) groups excluding carboxylic acids is 3. The molecule has 7 rings (SSSR count). The van der Waals surface area contributed by atoms with Crippen molar-refractivity contribution in [2.75, 3.05) is 26.2 Å². The first-order valence-corrected chi connectivity index (χ1v) is 17.7. The van der Waals surface area contributed by atoms with Gasteiger partial charge in [-0.05, 0) is 119 Å². The molecule has 2 aromatic carbocycles. The summed E-state index contributed by atoms with van der Waals surface area (Å²) < 4.78 is 11.6. The number of hydrogen-bond donors (Lipinski definition) is 1. The number of amides is 3. The van der Waals surface area contributed by atoms with Gasteiger partial charge < -0.3 is 24.6 Å². The van der Waals surface area contributed by atoms with Crippen LogP contribution in [0.15, 0.2) is 60.8 Å². The molecule has 0 radical (unpaired) electrons. The number of thiophene rings is 1. The van der Waals surface area contributed by atoms with E-state index in [1.165, 1.54) is 11.3 Å². The summed E-state index contributed by atoms with van der Waals surface area (Å²) in [5.41, 5.74) is 3.21. The molecule has 0 unspecified atom stereocenters. The minimum Gasteiger partial charge on any atom is -0.491 e. The van der Waals surface area contributed by atoms with Crippen molar-refractivity contribution in [1.29, 1.82) is 0 Å².